The minimum atomic E-state index is -3.82. The van der Waals surface area contributed by atoms with E-state index in [1.54, 1.807) is 0 Å². The van der Waals surface area contributed by atoms with Gasteiger partial charge in [-0.2, -0.15) is 0 Å². The molecule has 1 atom stereocenters. The Morgan fingerprint density at radius 1 is 1.33 bits per heavy atom. The molecule has 7 nitrogen and oxygen atoms in total. The van der Waals surface area contributed by atoms with Gasteiger partial charge in [-0.3, -0.25) is 9.68 Å². The molecule has 15 heavy (non-hydrogen) atoms. The summed E-state index contributed by atoms with van der Waals surface area (Å²) in [5.41, 5.74) is 0. The Balaban J connectivity index is 2.72. The fourth-order valence-electron chi connectivity index (χ4n) is 0.939. The Bertz CT molecular complexity index is 300. The van der Waals surface area contributed by atoms with Gasteiger partial charge in [-0.05, 0) is 6.42 Å². The molecule has 1 fully saturated rings. The summed E-state index contributed by atoms with van der Waals surface area (Å²) in [5, 5.41) is 0. The zero-order valence-corrected chi connectivity index (χ0v) is 9.03. The van der Waals surface area contributed by atoms with Crippen molar-refractivity contribution < 1.29 is 33.0 Å². The van der Waals surface area contributed by atoms with Crippen LogP contribution in [0.3, 0.4) is 0 Å². The maximum Gasteiger partial charge on any atom is 0.443 e. The molecule has 1 aliphatic heterocycles. The molecule has 8 heteroatoms. The number of methoxy groups -OCH3 is 1. The fourth-order valence-corrected chi connectivity index (χ4v) is 1.98. The summed E-state index contributed by atoms with van der Waals surface area (Å²) in [6.45, 7) is 0. The van der Waals surface area contributed by atoms with Gasteiger partial charge in [-0.1, -0.05) is 4.67 Å². The van der Waals surface area contributed by atoms with Gasteiger partial charge in [0.05, 0.1) is 0 Å². The van der Waals surface area contributed by atoms with Crippen LogP contribution in [0.1, 0.15) is 19.3 Å². The van der Waals surface area contributed by atoms with Gasteiger partial charge in [0.1, 0.15) is 0 Å². The lowest BCUT2D eigenvalue weighted by Gasteiger charge is -2.13. The second-order valence-electron chi connectivity index (χ2n) is 2.88. The second kappa shape index (κ2) is 5.25. The highest BCUT2D eigenvalue weighted by Crippen LogP contribution is 2.49. The molecule has 0 aromatic carbocycles. The second-order valence-corrected chi connectivity index (χ2v) is 4.69. The van der Waals surface area contributed by atoms with E-state index in [4.69, 9.17) is 0 Å². The van der Waals surface area contributed by atoms with Crippen LogP contribution in [0, 0.1) is 0 Å². The lowest BCUT2D eigenvalue weighted by molar-refractivity contribution is -0.218. The number of ether oxygens (including phenoxy) is 1. The zero-order chi connectivity index (χ0) is 11.3. The molecule has 0 aliphatic carbocycles. The summed E-state index contributed by atoms with van der Waals surface area (Å²) in [4.78, 5) is 26.2. The number of carbonyl (C=O) groups excluding carboxylic acids is 2. The van der Waals surface area contributed by atoms with E-state index in [1.807, 2.05) is 0 Å². The molecular weight excluding hydrogens is 227 g/mol. The van der Waals surface area contributed by atoms with Gasteiger partial charge in [0.25, 0.3) is 0 Å². The van der Waals surface area contributed by atoms with Crippen LogP contribution in [-0.4, -0.2) is 25.4 Å². The van der Waals surface area contributed by atoms with Gasteiger partial charge in [0, 0.05) is 20.0 Å². The normalized spacial score (nSPS) is 28.3. The monoisotopic (exact) mass is 238 g/mol. The van der Waals surface area contributed by atoms with E-state index in [9.17, 15) is 14.2 Å². The van der Waals surface area contributed by atoms with Gasteiger partial charge in [-0.15, -0.1) is 0 Å². The minimum absolute atomic E-state index is 0.00777. The summed E-state index contributed by atoms with van der Waals surface area (Å²) in [6.07, 6.45) is -0.172. The maximum absolute atomic E-state index is 11.6. The molecule has 0 aromatic rings. The van der Waals surface area contributed by atoms with Gasteiger partial charge >= 0.3 is 19.5 Å². The molecule has 0 bridgehead atoms. The Morgan fingerprint density at radius 3 is 2.67 bits per heavy atom. The highest BCUT2D eigenvalue weighted by Gasteiger charge is 2.33. The van der Waals surface area contributed by atoms with Crippen LogP contribution in [0.4, 0.5) is 0 Å². The Labute approximate surface area is 86.1 Å². The molecule has 0 saturated carbocycles. The summed E-state index contributed by atoms with van der Waals surface area (Å²) < 4.78 is 25.0. The lowest BCUT2D eigenvalue weighted by atomic mass is 10.2. The minimum Gasteiger partial charge on any atom is -0.388 e. The third-order valence-corrected chi connectivity index (χ3v) is 2.89. The van der Waals surface area contributed by atoms with Crippen molar-refractivity contribution in [2.24, 2.45) is 0 Å². The molecule has 1 aliphatic rings. The average Bonchev–Trinajstić information content (AvgIpc) is 2.19. The first-order valence-corrected chi connectivity index (χ1v) is 5.98. The molecule has 0 spiro atoms. The van der Waals surface area contributed by atoms with E-state index in [-0.39, 0.29) is 19.3 Å². The van der Waals surface area contributed by atoms with Crippen molar-refractivity contribution in [1.29, 1.82) is 0 Å². The average molecular weight is 238 g/mol. The summed E-state index contributed by atoms with van der Waals surface area (Å²) in [6, 6.07) is 0. The fraction of sp³-hybridized carbons (Fsp3) is 0.714. The molecule has 0 radical (unpaired) electrons. The van der Waals surface area contributed by atoms with Crippen molar-refractivity contribution in [3.63, 3.8) is 0 Å². The predicted molar refractivity (Wildman–Crippen MR) is 46.6 cm³/mol. The van der Waals surface area contributed by atoms with E-state index >= 15 is 0 Å². The molecule has 1 heterocycles. The topological polar surface area (TPSA) is 88.1 Å². The number of hydrogen-bond acceptors (Lipinski definition) is 7. The Hall–Kier alpha value is -0.910. The maximum atomic E-state index is 11.6. The standard InChI is InChI=1S/C7H11O7P/c1-11-5-15(10)13-7(9)4-2-3-6(8)12-14-15/h2-5H2,1H3. The third-order valence-electron chi connectivity index (χ3n) is 1.53. The van der Waals surface area contributed by atoms with Crippen molar-refractivity contribution in [1.82, 2.24) is 0 Å². The summed E-state index contributed by atoms with van der Waals surface area (Å²) in [5.74, 6) is -1.39. The van der Waals surface area contributed by atoms with Crippen molar-refractivity contribution in [2.75, 3.05) is 13.5 Å². The molecule has 1 unspecified atom stereocenters. The molecule has 0 aromatic heterocycles. The van der Waals surface area contributed by atoms with Gasteiger partial charge in [-0.25, -0.2) is 9.36 Å². The number of carbonyl (C=O) groups is 2. The Kier molecular flexibility index (Phi) is 4.26. The van der Waals surface area contributed by atoms with E-state index < -0.39 is 25.9 Å². The molecular formula is C7H11O7P. The first-order chi connectivity index (χ1) is 7.06. The van der Waals surface area contributed by atoms with E-state index in [1.165, 1.54) is 7.11 Å². The van der Waals surface area contributed by atoms with Crippen molar-refractivity contribution in [3.05, 3.63) is 0 Å². The molecule has 0 amide bonds. The van der Waals surface area contributed by atoms with Crippen LogP contribution < -0.4 is 0 Å². The molecule has 0 N–H and O–H groups in total. The van der Waals surface area contributed by atoms with Crippen LogP contribution in [0.2, 0.25) is 0 Å². The van der Waals surface area contributed by atoms with Gasteiger partial charge in [0.15, 0.2) is 6.35 Å². The first-order valence-electron chi connectivity index (χ1n) is 4.25. The SMILES string of the molecule is COCP1(=O)OOC(=O)CCCC(=O)O1. The highest BCUT2D eigenvalue weighted by atomic mass is 31.2. The van der Waals surface area contributed by atoms with Crippen molar-refractivity contribution in [3.8, 4) is 0 Å². The molecule has 1 rings (SSSR count). The highest BCUT2D eigenvalue weighted by molar-refractivity contribution is 7.54. The van der Waals surface area contributed by atoms with Crippen LogP contribution in [0.25, 0.3) is 0 Å². The molecule has 1 saturated heterocycles. The van der Waals surface area contributed by atoms with E-state index in [2.05, 4.69) is 18.8 Å². The smallest absolute Gasteiger partial charge is 0.388 e. The van der Waals surface area contributed by atoms with Gasteiger partial charge < -0.3 is 9.26 Å². The van der Waals surface area contributed by atoms with E-state index in [0.29, 0.717) is 0 Å². The van der Waals surface area contributed by atoms with E-state index in [0.717, 1.165) is 0 Å². The van der Waals surface area contributed by atoms with Crippen LogP contribution in [-0.2, 0) is 33.0 Å². The molecule has 86 valence electrons. The predicted octanol–water partition coefficient (Wildman–Crippen LogP) is 0.985. The van der Waals surface area contributed by atoms with Crippen molar-refractivity contribution in [2.45, 2.75) is 19.3 Å². The number of hydrogen-bond donors (Lipinski definition) is 0. The quantitative estimate of drug-likeness (QED) is 0.523. The third kappa shape index (κ3) is 3.99. The Morgan fingerprint density at radius 2 is 2.00 bits per heavy atom. The summed E-state index contributed by atoms with van der Waals surface area (Å²) >= 11 is 0. The number of rotatable bonds is 2. The summed E-state index contributed by atoms with van der Waals surface area (Å²) in [7, 11) is -2.57. The van der Waals surface area contributed by atoms with Crippen LogP contribution in [0.5, 0.6) is 0 Å². The zero-order valence-electron chi connectivity index (χ0n) is 8.13. The largest absolute Gasteiger partial charge is 0.443 e. The van der Waals surface area contributed by atoms with Crippen LogP contribution >= 0.6 is 7.60 Å². The van der Waals surface area contributed by atoms with Gasteiger partial charge in [0.2, 0.25) is 0 Å². The van der Waals surface area contributed by atoms with Crippen molar-refractivity contribution >= 4 is 19.5 Å². The first kappa shape index (κ1) is 12.2. The van der Waals surface area contributed by atoms with Crippen LogP contribution in [0.15, 0.2) is 0 Å². The lowest BCUT2D eigenvalue weighted by Crippen LogP contribution is -2.07.